The van der Waals surface area contributed by atoms with Gasteiger partial charge in [-0.15, -0.1) is 35.6 Å². The van der Waals surface area contributed by atoms with Gasteiger partial charge in [0, 0.05) is 102 Å². The van der Waals surface area contributed by atoms with Gasteiger partial charge in [-0.1, -0.05) is 12.1 Å². The molecule has 7 N–H and O–H groups in total. The standard InChI is InChI=1S/C35H44Cl2N10O7.ClH/c1-41-20-24(32(48)40-13-10-23-6-8-25(9-7-23)44(15-11-36)16-12-37)17-30(41)46(34(51)52)27-19-31(43(3)22-27)47(35(53)54)26-18-29(42(2)21-26)45(33(49)50)14-4-5-28(38)39;/h6-9,17-22H,4-5,10-16H2,1-3H3,(H3,38,39)(H,40,48)(H,49,50)(H,51,52)(H,53,54);1H. The first-order valence-corrected chi connectivity index (χ1v) is 17.9. The molecule has 0 aliphatic heterocycles. The third kappa shape index (κ3) is 10.8. The van der Waals surface area contributed by atoms with Gasteiger partial charge in [-0.2, -0.15) is 0 Å². The quantitative estimate of drug-likeness (QED) is 0.0381. The minimum absolute atomic E-state index is 0. The number of hydrogen-bond donors (Lipinski definition) is 6. The molecule has 0 aliphatic carbocycles. The summed E-state index contributed by atoms with van der Waals surface area (Å²) in [4.78, 5) is 55.5. The zero-order valence-electron chi connectivity index (χ0n) is 30.5. The van der Waals surface area contributed by atoms with E-state index in [9.17, 15) is 34.5 Å². The lowest BCUT2D eigenvalue weighted by Gasteiger charge is -2.23. The van der Waals surface area contributed by atoms with Crippen molar-refractivity contribution in [2.45, 2.75) is 19.3 Å². The second-order valence-corrected chi connectivity index (χ2v) is 13.1. The number of carbonyl (C=O) groups excluding carboxylic acids is 1. The Balaban J connectivity index is 0.00000812. The number of carbonyl (C=O) groups is 4. The fourth-order valence-electron chi connectivity index (χ4n) is 5.99. The third-order valence-electron chi connectivity index (χ3n) is 8.57. The van der Waals surface area contributed by atoms with Gasteiger partial charge in [0.05, 0.1) is 22.8 Å². The smallest absolute Gasteiger partial charge is 0.417 e. The van der Waals surface area contributed by atoms with Crippen molar-refractivity contribution >= 4 is 100 Å². The van der Waals surface area contributed by atoms with Gasteiger partial charge in [-0.3, -0.25) is 15.1 Å². The van der Waals surface area contributed by atoms with Gasteiger partial charge in [0.25, 0.3) is 5.91 Å². The Labute approximate surface area is 333 Å². The maximum atomic E-state index is 13.1. The summed E-state index contributed by atoms with van der Waals surface area (Å²) >= 11 is 11.8. The molecule has 0 radical (unpaired) electrons. The average Bonchev–Trinajstić information content (AvgIpc) is 3.79. The molecule has 0 aliphatic rings. The molecule has 0 atom stereocenters. The van der Waals surface area contributed by atoms with Gasteiger partial charge in [-0.25, -0.2) is 24.2 Å². The highest BCUT2D eigenvalue weighted by atomic mass is 35.5. The van der Waals surface area contributed by atoms with Crippen LogP contribution < -0.4 is 30.7 Å². The minimum Gasteiger partial charge on any atom is -0.465 e. The Morgan fingerprint density at radius 1 is 0.745 bits per heavy atom. The van der Waals surface area contributed by atoms with Crippen molar-refractivity contribution in [2.75, 3.05) is 57.5 Å². The Hall–Kier alpha value is -5.52. The molecule has 0 bridgehead atoms. The normalized spacial score (nSPS) is 10.7. The number of benzene rings is 1. The Bertz CT molecular complexity index is 1970. The van der Waals surface area contributed by atoms with Gasteiger partial charge in [0.1, 0.15) is 17.5 Å². The maximum absolute atomic E-state index is 13.1. The molecular formula is C35H45Cl3N10O7. The van der Waals surface area contributed by atoms with E-state index in [1.54, 1.807) is 14.1 Å². The largest absolute Gasteiger partial charge is 0.465 e. The lowest BCUT2D eigenvalue weighted by molar-refractivity contribution is 0.0954. The first kappa shape index (κ1) is 43.9. The highest BCUT2D eigenvalue weighted by Gasteiger charge is 2.29. The van der Waals surface area contributed by atoms with E-state index in [1.165, 1.54) is 57.5 Å². The van der Waals surface area contributed by atoms with E-state index in [0.29, 0.717) is 37.8 Å². The minimum atomic E-state index is -1.41. The summed E-state index contributed by atoms with van der Waals surface area (Å²) in [5.74, 6) is 0.826. The molecular weight excluding hydrogens is 779 g/mol. The van der Waals surface area contributed by atoms with E-state index >= 15 is 0 Å². The van der Waals surface area contributed by atoms with Gasteiger partial charge < -0.3 is 45.0 Å². The van der Waals surface area contributed by atoms with Crippen LogP contribution in [0.5, 0.6) is 0 Å². The number of nitrogens with two attached hydrogens (primary N) is 1. The van der Waals surface area contributed by atoms with E-state index in [1.807, 2.05) is 24.3 Å². The number of carboxylic acid groups (broad SMARTS) is 3. The number of rotatable bonds is 18. The summed E-state index contributed by atoms with van der Waals surface area (Å²) < 4.78 is 4.35. The molecule has 0 fully saturated rings. The number of nitrogens with one attached hydrogen (secondary N) is 2. The summed E-state index contributed by atoms with van der Waals surface area (Å²) in [5, 5.41) is 40.8. The lowest BCUT2D eigenvalue weighted by Crippen LogP contribution is -2.32. The van der Waals surface area contributed by atoms with Gasteiger partial charge >= 0.3 is 18.3 Å². The van der Waals surface area contributed by atoms with Crippen LogP contribution in [-0.4, -0.2) is 97.0 Å². The van der Waals surface area contributed by atoms with Gasteiger partial charge in [0.15, 0.2) is 0 Å². The molecule has 3 aromatic heterocycles. The SMILES string of the molecule is Cl.Cn1cc(N(C(=O)O)c2cc(N(C(=O)O)c3cc(C(=O)NCCc4ccc(N(CCCl)CCCl)cc4)cn3C)cn2C)cc1N(CCCC(=N)N)C(=O)O. The number of amidine groups is 1. The molecule has 1 aromatic carbocycles. The van der Waals surface area contributed by atoms with Crippen LogP contribution in [0.15, 0.2) is 61.1 Å². The molecule has 0 saturated heterocycles. The molecule has 4 aromatic rings. The molecule has 20 heteroatoms. The van der Waals surface area contributed by atoms with Crippen LogP contribution in [0.3, 0.4) is 0 Å². The van der Waals surface area contributed by atoms with Crippen molar-refractivity contribution in [1.82, 2.24) is 19.0 Å². The van der Waals surface area contributed by atoms with Crippen LogP contribution in [0, 0.1) is 5.41 Å². The predicted molar refractivity (Wildman–Crippen MR) is 216 cm³/mol. The van der Waals surface area contributed by atoms with Crippen molar-refractivity contribution in [1.29, 1.82) is 5.41 Å². The number of amides is 4. The molecule has 0 saturated carbocycles. The summed E-state index contributed by atoms with van der Waals surface area (Å²) in [6.45, 7) is 1.68. The molecule has 0 spiro atoms. The monoisotopic (exact) mass is 822 g/mol. The number of aromatic nitrogens is 3. The van der Waals surface area contributed by atoms with E-state index in [2.05, 4.69) is 10.2 Å². The predicted octanol–water partition coefficient (Wildman–Crippen LogP) is 6.21. The first-order valence-electron chi connectivity index (χ1n) is 16.8. The zero-order chi connectivity index (χ0) is 39.7. The first-order chi connectivity index (χ1) is 25.7. The second kappa shape index (κ2) is 19.7. The topological polar surface area (TPSA) is 219 Å². The van der Waals surface area contributed by atoms with E-state index < -0.39 is 24.2 Å². The number of hydrogen-bond acceptors (Lipinski definition) is 6. The van der Waals surface area contributed by atoms with Crippen molar-refractivity contribution in [2.24, 2.45) is 26.9 Å². The molecule has 17 nitrogen and oxygen atoms in total. The summed E-state index contributed by atoms with van der Waals surface area (Å²) in [7, 11) is 4.69. The fraction of sp³-hybridized carbons (Fsp3) is 0.343. The van der Waals surface area contributed by atoms with Crippen molar-refractivity contribution in [3.8, 4) is 0 Å². The van der Waals surface area contributed by atoms with Crippen molar-refractivity contribution < 1.29 is 34.5 Å². The average molecular weight is 824 g/mol. The maximum Gasteiger partial charge on any atom is 0.417 e. The molecule has 0 unspecified atom stereocenters. The number of anilines is 6. The number of nitrogens with zero attached hydrogens (tertiary/aromatic N) is 7. The van der Waals surface area contributed by atoms with Gasteiger partial charge in [0.2, 0.25) is 0 Å². The molecule has 3 heterocycles. The van der Waals surface area contributed by atoms with Crippen molar-refractivity contribution in [3.05, 3.63) is 72.2 Å². The third-order valence-corrected chi connectivity index (χ3v) is 8.91. The van der Waals surface area contributed by atoms with Crippen LogP contribution in [0.4, 0.5) is 48.9 Å². The van der Waals surface area contributed by atoms with Crippen LogP contribution in [0.2, 0.25) is 0 Å². The molecule has 55 heavy (non-hydrogen) atoms. The molecule has 4 rings (SSSR count). The van der Waals surface area contributed by atoms with Crippen LogP contribution in [-0.2, 0) is 27.6 Å². The summed E-state index contributed by atoms with van der Waals surface area (Å²) in [6.07, 6.45) is 1.31. The highest BCUT2D eigenvalue weighted by molar-refractivity contribution is 6.18. The van der Waals surface area contributed by atoms with Gasteiger partial charge in [-0.05, 0) is 36.6 Å². The Morgan fingerprint density at radius 3 is 1.76 bits per heavy atom. The highest BCUT2D eigenvalue weighted by Crippen LogP contribution is 2.36. The van der Waals surface area contributed by atoms with E-state index in [0.717, 1.165) is 26.0 Å². The van der Waals surface area contributed by atoms with E-state index in [-0.39, 0.29) is 72.0 Å². The fourth-order valence-corrected chi connectivity index (χ4v) is 6.40. The second-order valence-electron chi connectivity index (χ2n) is 12.4. The summed E-state index contributed by atoms with van der Waals surface area (Å²) in [5.41, 5.74) is 7.83. The van der Waals surface area contributed by atoms with Crippen LogP contribution in [0.25, 0.3) is 0 Å². The Kier molecular flexibility index (Phi) is 15.7. The number of aryl methyl sites for hydroxylation is 3. The Morgan fingerprint density at radius 2 is 1.25 bits per heavy atom. The molecule has 298 valence electrons. The van der Waals surface area contributed by atoms with Crippen LogP contribution >= 0.6 is 35.6 Å². The zero-order valence-corrected chi connectivity index (χ0v) is 32.8. The summed E-state index contributed by atoms with van der Waals surface area (Å²) in [6, 6.07) is 12.1. The van der Waals surface area contributed by atoms with Crippen LogP contribution in [0.1, 0.15) is 28.8 Å². The number of halogens is 3. The van der Waals surface area contributed by atoms with E-state index in [4.69, 9.17) is 34.3 Å². The van der Waals surface area contributed by atoms with Crippen molar-refractivity contribution in [3.63, 3.8) is 0 Å². The number of alkyl halides is 2. The molecule has 4 amide bonds. The lowest BCUT2D eigenvalue weighted by atomic mass is 10.1.